The van der Waals surface area contributed by atoms with Crippen molar-refractivity contribution in [1.29, 1.82) is 0 Å². The lowest BCUT2D eigenvalue weighted by Gasteiger charge is -2.15. The maximum Gasteiger partial charge on any atom is 0.511 e. The van der Waals surface area contributed by atoms with E-state index in [-0.39, 0.29) is 11.1 Å². The summed E-state index contributed by atoms with van der Waals surface area (Å²) in [6, 6.07) is 6.10. The summed E-state index contributed by atoms with van der Waals surface area (Å²) < 4.78 is 22.0. The Morgan fingerprint density at radius 3 is 2.67 bits per heavy atom. The van der Waals surface area contributed by atoms with Gasteiger partial charge in [-0.25, -0.2) is 9.18 Å². The van der Waals surface area contributed by atoms with Crippen LogP contribution in [0, 0.1) is 5.82 Å². The van der Waals surface area contributed by atoms with E-state index in [0.29, 0.717) is 12.1 Å². The first-order chi connectivity index (χ1) is 11.5. The van der Waals surface area contributed by atoms with Gasteiger partial charge in [0.2, 0.25) is 11.2 Å². The molecule has 0 spiro atoms. The molecule has 0 aliphatic heterocycles. The van der Waals surface area contributed by atoms with E-state index >= 15 is 0 Å². The molecule has 0 bridgehead atoms. The van der Waals surface area contributed by atoms with Gasteiger partial charge in [0.1, 0.15) is 5.82 Å². The largest absolute Gasteiger partial charge is 0.511 e. The monoisotopic (exact) mass is 331 g/mol. The Hall–Kier alpha value is -3.29. The molecule has 2 aromatic heterocycles. The van der Waals surface area contributed by atoms with E-state index in [1.54, 1.807) is 29.1 Å². The number of aromatic nitrogens is 2. The van der Waals surface area contributed by atoms with Crippen molar-refractivity contribution in [1.82, 2.24) is 9.24 Å². The van der Waals surface area contributed by atoms with E-state index in [1.807, 2.05) is 6.92 Å². The molecule has 0 aliphatic carbocycles. The molecule has 0 atom stereocenters. The van der Waals surface area contributed by atoms with Gasteiger partial charge in [0.25, 0.3) is 0 Å². The molecule has 0 aliphatic rings. The number of carbonyl (C=O) groups is 1. The molecular weight excluding hydrogens is 317 g/mol. The number of halogens is 1. The number of rotatable bonds is 4. The van der Waals surface area contributed by atoms with Crippen LogP contribution in [-0.2, 0) is 0 Å². The van der Waals surface area contributed by atoms with Crippen molar-refractivity contribution < 1.29 is 19.0 Å². The maximum atomic E-state index is 14.4. The Balaban J connectivity index is 2.30. The van der Waals surface area contributed by atoms with Crippen LogP contribution in [-0.4, -0.2) is 27.0 Å². The predicted molar refractivity (Wildman–Crippen MR) is 86.0 cm³/mol. The first-order valence-corrected chi connectivity index (χ1v) is 7.18. The van der Waals surface area contributed by atoms with Crippen LogP contribution in [0.1, 0.15) is 6.92 Å². The molecule has 0 amide bonds. The van der Waals surface area contributed by atoms with Crippen molar-refractivity contribution >= 4 is 17.1 Å². The van der Waals surface area contributed by atoms with E-state index < -0.39 is 23.2 Å². The predicted octanol–water partition coefficient (Wildman–Crippen LogP) is 2.55. The highest BCUT2D eigenvalue weighted by Crippen LogP contribution is 2.22. The van der Waals surface area contributed by atoms with Gasteiger partial charge < -0.3 is 19.8 Å². The molecule has 3 rings (SSSR count). The van der Waals surface area contributed by atoms with Crippen LogP contribution in [0.15, 0.2) is 47.7 Å². The van der Waals surface area contributed by atoms with Crippen molar-refractivity contribution in [2.75, 3.05) is 12.0 Å². The van der Waals surface area contributed by atoms with Crippen molar-refractivity contribution in [3.05, 3.63) is 58.9 Å². The molecule has 7 nitrogen and oxygen atoms in total. The Morgan fingerprint density at radius 1 is 1.33 bits per heavy atom. The molecule has 0 radical (unpaired) electrons. The first-order valence-electron chi connectivity index (χ1n) is 7.18. The van der Waals surface area contributed by atoms with Crippen molar-refractivity contribution in [2.24, 2.45) is 0 Å². The highest BCUT2D eigenvalue weighted by atomic mass is 19.1. The molecule has 0 fully saturated rings. The van der Waals surface area contributed by atoms with Crippen molar-refractivity contribution in [2.45, 2.75) is 6.92 Å². The van der Waals surface area contributed by atoms with Gasteiger partial charge in [-0.15, -0.1) is 0 Å². The minimum atomic E-state index is -1.61. The normalized spacial score (nSPS) is 10.8. The van der Waals surface area contributed by atoms with E-state index in [2.05, 4.69) is 10.2 Å². The maximum absolute atomic E-state index is 14.4. The lowest BCUT2D eigenvalue weighted by molar-refractivity contribution is 0.144. The van der Waals surface area contributed by atoms with Gasteiger partial charge in [-0.2, -0.15) is 0 Å². The van der Waals surface area contributed by atoms with E-state index in [1.165, 1.54) is 16.9 Å². The number of carboxylic acid groups (broad SMARTS) is 1. The number of hydrogen-bond donors (Lipinski definition) is 2. The zero-order valence-corrected chi connectivity index (χ0v) is 12.7. The van der Waals surface area contributed by atoms with Crippen LogP contribution in [0.2, 0.25) is 0 Å². The molecular formula is C16H14FN3O4. The molecule has 0 saturated heterocycles. The van der Waals surface area contributed by atoms with Gasteiger partial charge in [0.05, 0.1) is 22.8 Å². The van der Waals surface area contributed by atoms with Gasteiger partial charge >= 0.3 is 6.16 Å². The van der Waals surface area contributed by atoms with Crippen LogP contribution in [0.3, 0.4) is 0 Å². The smallest absolute Gasteiger partial charge is 0.449 e. The standard InChI is InChI=1S/C16H14FN3O4/c1-2-18-20-9-14(24-16(22)23)15(21)10-7-11(17)13(8-12(10)20)19-5-3-4-6-19/h3-9,18H,2H2,1H3,(H,22,23). The molecule has 3 aromatic rings. The molecule has 2 N–H and O–H groups in total. The summed E-state index contributed by atoms with van der Waals surface area (Å²) in [5.41, 5.74) is 2.94. The van der Waals surface area contributed by atoms with E-state index in [0.717, 1.165) is 6.07 Å². The number of nitrogens with zero attached hydrogens (tertiary/aromatic N) is 2. The third kappa shape index (κ3) is 2.69. The van der Waals surface area contributed by atoms with Crippen LogP contribution in [0.25, 0.3) is 16.6 Å². The topological polar surface area (TPSA) is 85.5 Å². The second kappa shape index (κ2) is 6.07. The Labute approximate surface area is 135 Å². The number of ether oxygens (including phenoxy) is 1. The molecule has 1 aromatic carbocycles. The first kappa shape index (κ1) is 15.6. The minimum Gasteiger partial charge on any atom is -0.449 e. The third-order valence-corrected chi connectivity index (χ3v) is 3.45. The lowest BCUT2D eigenvalue weighted by atomic mass is 10.1. The summed E-state index contributed by atoms with van der Waals surface area (Å²) in [7, 11) is 0. The zero-order valence-electron chi connectivity index (χ0n) is 12.7. The summed E-state index contributed by atoms with van der Waals surface area (Å²) >= 11 is 0. The molecule has 0 saturated carbocycles. The summed E-state index contributed by atoms with van der Waals surface area (Å²) in [6.45, 7) is 2.33. The second-order valence-corrected chi connectivity index (χ2v) is 4.98. The van der Waals surface area contributed by atoms with Gasteiger partial charge in [-0.05, 0) is 31.2 Å². The quantitative estimate of drug-likeness (QED) is 0.718. The highest BCUT2D eigenvalue weighted by Gasteiger charge is 2.16. The zero-order chi connectivity index (χ0) is 17.3. The van der Waals surface area contributed by atoms with Crippen LogP contribution in [0.4, 0.5) is 9.18 Å². The molecule has 124 valence electrons. The highest BCUT2D eigenvalue weighted by molar-refractivity contribution is 5.83. The third-order valence-electron chi connectivity index (χ3n) is 3.45. The molecule has 8 heteroatoms. The van der Waals surface area contributed by atoms with E-state index in [4.69, 9.17) is 5.11 Å². The van der Waals surface area contributed by atoms with Gasteiger partial charge in [0, 0.05) is 18.9 Å². The number of pyridine rings is 1. The lowest BCUT2D eigenvalue weighted by Crippen LogP contribution is -2.21. The molecule has 2 heterocycles. The van der Waals surface area contributed by atoms with Crippen LogP contribution in [0.5, 0.6) is 5.75 Å². The Kier molecular flexibility index (Phi) is 3.95. The summed E-state index contributed by atoms with van der Waals surface area (Å²) in [4.78, 5) is 23.1. The minimum absolute atomic E-state index is 0.0168. The number of benzene rings is 1. The van der Waals surface area contributed by atoms with Crippen LogP contribution < -0.4 is 15.6 Å². The number of fused-ring (bicyclic) bond motifs is 1. The molecule has 0 unspecified atom stereocenters. The Bertz CT molecular complexity index is 964. The average molecular weight is 331 g/mol. The van der Waals surface area contributed by atoms with E-state index in [9.17, 15) is 14.0 Å². The van der Waals surface area contributed by atoms with Crippen LogP contribution >= 0.6 is 0 Å². The fraction of sp³-hybridized carbons (Fsp3) is 0.125. The van der Waals surface area contributed by atoms with Gasteiger partial charge in [0.15, 0.2) is 0 Å². The summed E-state index contributed by atoms with van der Waals surface area (Å²) in [5.74, 6) is -1.00. The fourth-order valence-electron chi connectivity index (χ4n) is 2.47. The van der Waals surface area contributed by atoms with Gasteiger partial charge in [-0.3, -0.25) is 9.47 Å². The average Bonchev–Trinajstić information content (AvgIpc) is 3.05. The van der Waals surface area contributed by atoms with Crippen molar-refractivity contribution in [3.63, 3.8) is 0 Å². The Morgan fingerprint density at radius 2 is 2.04 bits per heavy atom. The fourth-order valence-corrected chi connectivity index (χ4v) is 2.47. The summed E-state index contributed by atoms with van der Waals surface area (Å²) in [6.07, 6.45) is 2.99. The SMILES string of the molecule is CCNn1cc(OC(=O)O)c(=O)c2cc(F)c(-n3cccc3)cc21. The van der Waals surface area contributed by atoms with Gasteiger partial charge in [-0.1, -0.05) is 0 Å². The second-order valence-electron chi connectivity index (χ2n) is 4.98. The van der Waals surface area contributed by atoms with Crippen molar-refractivity contribution in [3.8, 4) is 11.4 Å². The number of hydrogen-bond acceptors (Lipinski definition) is 4. The molecule has 24 heavy (non-hydrogen) atoms. The summed E-state index contributed by atoms with van der Waals surface area (Å²) in [5, 5.41) is 8.76. The number of nitrogens with one attached hydrogen (secondary N) is 1.